The van der Waals surface area contributed by atoms with Gasteiger partial charge in [-0.3, -0.25) is 9.79 Å². The van der Waals surface area contributed by atoms with E-state index in [1.54, 1.807) is 19.0 Å². The van der Waals surface area contributed by atoms with Crippen molar-refractivity contribution in [2.24, 2.45) is 10.4 Å². The summed E-state index contributed by atoms with van der Waals surface area (Å²) in [6.07, 6.45) is 3.17. The van der Waals surface area contributed by atoms with Gasteiger partial charge < -0.3 is 19.9 Å². The fourth-order valence-electron chi connectivity index (χ4n) is 3.92. The summed E-state index contributed by atoms with van der Waals surface area (Å²) >= 11 is 0. The average molecular weight is 500 g/mol. The third-order valence-corrected chi connectivity index (χ3v) is 5.50. The van der Waals surface area contributed by atoms with Crippen LogP contribution in [0.4, 0.5) is 0 Å². The van der Waals surface area contributed by atoms with E-state index in [0.717, 1.165) is 62.8 Å². The predicted molar refractivity (Wildman–Crippen MR) is 124 cm³/mol. The van der Waals surface area contributed by atoms with Crippen molar-refractivity contribution in [1.82, 2.24) is 15.1 Å². The summed E-state index contributed by atoms with van der Waals surface area (Å²) in [5, 5.41) is 3.44. The molecule has 2 aliphatic heterocycles. The van der Waals surface area contributed by atoms with E-state index in [9.17, 15) is 4.79 Å². The molecule has 1 atom stereocenters. The number of halogens is 1. The van der Waals surface area contributed by atoms with Gasteiger partial charge in [0.25, 0.3) is 5.91 Å². The maximum Gasteiger partial charge on any atom is 0.253 e. The van der Waals surface area contributed by atoms with Crippen LogP contribution in [0.1, 0.15) is 35.7 Å². The lowest BCUT2D eigenvalue weighted by molar-refractivity contribution is 0.0827. The van der Waals surface area contributed by atoms with Gasteiger partial charge in [-0.15, -0.1) is 24.0 Å². The average Bonchev–Trinajstić information content (AvgIpc) is 3.30. The predicted octanol–water partition coefficient (Wildman–Crippen LogP) is 2.63. The van der Waals surface area contributed by atoms with Crippen LogP contribution >= 0.6 is 24.0 Å². The van der Waals surface area contributed by atoms with E-state index < -0.39 is 0 Å². The van der Waals surface area contributed by atoms with Gasteiger partial charge in [-0.05, 0) is 43.9 Å². The van der Waals surface area contributed by atoms with Crippen molar-refractivity contribution in [3.8, 4) is 0 Å². The van der Waals surface area contributed by atoms with Crippen LogP contribution in [-0.4, -0.2) is 75.2 Å². The molecule has 2 fully saturated rings. The van der Waals surface area contributed by atoms with Crippen molar-refractivity contribution in [3.63, 3.8) is 0 Å². The minimum absolute atomic E-state index is 0. The number of likely N-dealkylation sites (tertiary alicyclic amines) is 1. The topological polar surface area (TPSA) is 57.2 Å². The minimum Gasteiger partial charge on any atom is -0.381 e. The van der Waals surface area contributed by atoms with Crippen LogP contribution in [0, 0.1) is 5.41 Å². The van der Waals surface area contributed by atoms with E-state index in [1.165, 1.54) is 6.42 Å². The number of aliphatic imine (C=N–C) groups is 1. The highest BCUT2D eigenvalue weighted by molar-refractivity contribution is 14.0. The van der Waals surface area contributed by atoms with Crippen molar-refractivity contribution >= 4 is 35.8 Å². The number of hydrogen-bond donors (Lipinski definition) is 1. The second-order valence-electron chi connectivity index (χ2n) is 7.86. The van der Waals surface area contributed by atoms with Crippen LogP contribution in [0.2, 0.25) is 0 Å². The van der Waals surface area contributed by atoms with Crippen molar-refractivity contribution in [2.45, 2.75) is 26.2 Å². The molecule has 1 aromatic carbocycles. The molecule has 3 rings (SSSR count). The number of nitrogens with one attached hydrogen (secondary N) is 1. The van der Waals surface area contributed by atoms with E-state index in [2.05, 4.69) is 23.2 Å². The Bertz CT molecular complexity index is 687. The van der Waals surface area contributed by atoms with Crippen molar-refractivity contribution in [3.05, 3.63) is 35.4 Å². The quantitative estimate of drug-likeness (QED) is 0.384. The lowest BCUT2D eigenvalue weighted by Gasteiger charge is -2.25. The summed E-state index contributed by atoms with van der Waals surface area (Å²) in [7, 11) is 3.56. The molecule has 156 valence electrons. The van der Waals surface area contributed by atoms with Crippen LogP contribution in [0.15, 0.2) is 29.3 Å². The number of ether oxygens (including phenoxy) is 1. The lowest BCUT2D eigenvalue weighted by atomic mass is 9.87. The molecular weight excluding hydrogens is 467 g/mol. The zero-order valence-electron chi connectivity index (χ0n) is 17.2. The second-order valence-corrected chi connectivity index (χ2v) is 7.86. The molecule has 2 heterocycles. The van der Waals surface area contributed by atoms with Crippen LogP contribution in [0.25, 0.3) is 0 Å². The number of rotatable bonds is 5. The number of carbonyl (C=O) groups excluding carboxylic acids is 1. The molecule has 0 bridgehead atoms. The fourth-order valence-corrected chi connectivity index (χ4v) is 3.92. The third-order valence-electron chi connectivity index (χ3n) is 5.50. The first-order valence-corrected chi connectivity index (χ1v) is 9.95. The highest BCUT2D eigenvalue weighted by Gasteiger charge is 2.42. The fraction of sp³-hybridized carbons (Fsp3) is 0.619. The zero-order valence-corrected chi connectivity index (χ0v) is 19.6. The summed E-state index contributed by atoms with van der Waals surface area (Å²) in [5.41, 5.74) is 2.21. The van der Waals surface area contributed by atoms with Gasteiger partial charge in [0.2, 0.25) is 0 Å². The maximum absolute atomic E-state index is 12.1. The first kappa shape index (κ1) is 22.9. The van der Waals surface area contributed by atoms with Gasteiger partial charge in [0.05, 0.1) is 6.61 Å². The Morgan fingerprint density at radius 1 is 1.36 bits per heavy atom. The summed E-state index contributed by atoms with van der Waals surface area (Å²) in [5.74, 6) is 1.04. The Morgan fingerprint density at radius 3 is 2.86 bits per heavy atom. The van der Waals surface area contributed by atoms with Crippen LogP contribution in [0.3, 0.4) is 0 Å². The summed E-state index contributed by atoms with van der Waals surface area (Å²) in [4.78, 5) is 21.0. The summed E-state index contributed by atoms with van der Waals surface area (Å²) in [6.45, 7) is 7.54. The number of hydrogen-bond acceptors (Lipinski definition) is 3. The SMILES string of the molecule is CCNC(=NCCc1cccc(C(=O)N(C)C)c1)N1CCC2(CCOC2)C1.I. The Morgan fingerprint density at radius 2 is 2.18 bits per heavy atom. The summed E-state index contributed by atoms with van der Waals surface area (Å²) in [6, 6.07) is 7.86. The van der Waals surface area contributed by atoms with Gasteiger partial charge in [-0.2, -0.15) is 0 Å². The van der Waals surface area contributed by atoms with Crippen LogP contribution < -0.4 is 5.32 Å². The van der Waals surface area contributed by atoms with Gasteiger partial charge >= 0.3 is 0 Å². The first-order valence-electron chi connectivity index (χ1n) is 9.95. The zero-order chi connectivity index (χ0) is 19.3. The number of nitrogens with zero attached hydrogens (tertiary/aromatic N) is 3. The maximum atomic E-state index is 12.1. The molecule has 0 aromatic heterocycles. The molecule has 1 amide bonds. The molecule has 1 N–H and O–H groups in total. The Hall–Kier alpha value is -1.35. The summed E-state index contributed by atoms with van der Waals surface area (Å²) < 4.78 is 5.64. The first-order chi connectivity index (χ1) is 13.0. The molecular formula is C21H33IN4O2. The van der Waals surface area contributed by atoms with Crippen LogP contribution in [0.5, 0.6) is 0 Å². The number of amides is 1. The van der Waals surface area contributed by atoms with Gasteiger partial charge in [0.15, 0.2) is 5.96 Å². The van der Waals surface area contributed by atoms with E-state index >= 15 is 0 Å². The number of carbonyl (C=O) groups is 1. The monoisotopic (exact) mass is 500 g/mol. The molecule has 1 spiro atoms. The van der Waals surface area contributed by atoms with Gasteiger partial charge in [-0.1, -0.05) is 12.1 Å². The van der Waals surface area contributed by atoms with E-state index in [4.69, 9.17) is 9.73 Å². The molecule has 1 aromatic rings. The molecule has 0 radical (unpaired) electrons. The van der Waals surface area contributed by atoms with E-state index in [0.29, 0.717) is 12.0 Å². The minimum atomic E-state index is 0. The normalized spacial score (nSPS) is 21.7. The smallest absolute Gasteiger partial charge is 0.253 e. The van der Waals surface area contributed by atoms with Crippen molar-refractivity contribution in [2.75, 3.05) is 53.5 Å². The molecule has 2 saturated heterocycles. The van der Waals surface area contributed by atoms with Crippen LogP contribution in [-0.2, 0) is 11.2 Å². The Labute approximate surface area is 185 Å². The molecule has 7 heteroatoms. The largest absolute Gasteiger partial charge is 0.381 e. The lowest BCUT2D eigenvalue weighted by Crippen LogP contribution is -2.41. The van der Waals surface area contributed by atoms with E-state index in [-0.39, 0.29) is 29.9 Å². The van der Waals surface area contributed by atoms with Gasteiger partial charge in [0.1, 0.15) is 0 Å². The molecule has 28 heavy (non-hydrogen) atoms. The van der Waals surface area contributed by atoms with Gasteiger partial charge in [-0.25, -0.2) is 0 Å². The third kappa shape index (κ3) is 5.59. The molecule has 0 aliphatic carbocycles. The molecule has 6 nitrogen and oxygen atoms in total. The Kier molecular flexibility index (Phi) is 8.55. The molecule has 1 unspecified atom stereocenters. The van der Waals surface area contributed by atoms with Gasteiger partial charge in [0, 0.05) is 57.9 Å². The highest BCUT2D eigenvalue weighted by Crippen LogP contribution is 2.38. The van der Waals surface area contributed by atoms with Crippen molar-refractivity contribution in [1.29, 1.82) is 0 Å². The molecule has 0 saturated carbocycles. The molecule has 2 aliphatic rings. The standard InChI is InChI=1S/C21H32N4O2.HI/c1-4-22-20(25-12-9-21(15-25)10-13-27-16-21)23-11-8-17-6-5-7-18(14-17)19(26)24(2)3;/h5-7,14H,4,8-13,15-16H2,1-3H3,(H,22,23);1H. The van der Waals surface area contributed by atoms with Crippen molar-refractivity contribution < 1.29 is 9.53 Å². The number of benzene rings is 1. The second kappa shape index (κ2) is 10.4. The van der Waals surface area contributed by atoms with E-state index in [1.807, 2.05) is 18.2 Å². The number of guanidine groups is 1. The Balaban J connectivity index is 0.00000280. The highest BCUT2D eigenvalue weighted by atomic mass is 127.